The number of esters is 1. The number of ether oxygens (including phenoxy) is 1. The van der Waals surface area contributed by atoms with E-state index in [1.54, 1.807) is 6.92 Å². The second-order valence-corrected chi connectivity index (χ2v) is 6.00. The first-order valence-electron chi connectivity index (χ1n) is 7.54. The van der Waals surface area contributed by atoms with Gasteiger partial charge in [-0.2, -0.15) is 0 Å². The van der Waals surface area contributed by atoms with Crippen molar-refractivity contribution in [2.75, 3.05) is 6.61 Å². The minimum Gasteiger partial charge on any atom is -0.465 e. The van der Waals surface area contributed by atoms with Crippen molar-refractivity contribution in [2.24, 2.45) is 0 Å². The Hall–Kier alpha value is -1.02. The van der Waals surface area contributed by atoms with E-state index in [-0.39, 0.29) is 5.97 Å². The lowest BCUT2D eigenvalue weighted by Crippen LogP contribution is -2.12. The molecule has 20 heavy (non-hydrogen) atoms. The maximum absolute atomic E-state index is 11.7. The van der Waals surface area contributed by atoms with Crippen LogP contribution in [0.15, 0.2) is 18.2 Å². The molecule has 0 heterocycles. The fourth-order valence-electron chi connectivity index (χ4n) is 3.08. The van der Waals surface area contributed by atoms with Crippen LogP contribution < -0.4 is 0 Å². The summed E-state index contributed by atoms with van der Waals surface area (Å²) in [4.78, 5) is 11.7. The Morgan fingerprint density at radius 3 is 2.65 bits per heavy atom. The summed E-state index contributed by atoms with van der Waals surface area (Å²) in [5.74, 6) is 0.313. The summed E-state index contributed by atoms with van der Waals surface area (Å²) in [5, 5.41) is -0.700. The number of hydrogen-bond donors (Lipinski definition) is 0. The summed E-state index contributed by atoms with van der Waals surface area (Å²) in [5.41, 5.74) is 3.49. The van der Waals surface area contributed by atoms with Crippen LogP contribution in [-0.2, 0) is 9.53 Å². The van der Waals surface area contributed by atoms with E-state index in [1.165, 1.54) is 43.2 Å². The maximum Gasteiger partial charge on any atom is 0.328 e. The van der Waals surface area contributed by atoms with E-state index < -0.39 is 5.38 Å². The van der Waals surface area contributed by atoms with E-state index in [1.807, 2.05) is 12.1 Å². The van der Waals surface area contributed by atoms with Gasteiger partial charge in [-0.25, -0.2) is 0 Å². The van der Waals surface area contributed by atoms with E-state index in [0.29, 0.717) is 12.5 Å². The number of aryl methyl sites for hydroxylation is 1. The molecule has 1 aromatic rings. The molecular formula is C17H23ClO2. The van der Waals surface area contributed by atoms with Crippen molar-refractivity contribution in [1.82, 2.24) is 0 Å². The summed E-state index contributed by atoms with van der Waals surface area (Å²) in [6.45, 7) is 4.27. The Morgan fingerprint density at radius 1 is 1.35 bits per heavy atom. The number of hydrogen-bond acceptors (Lipinski definition) is 2. The van der Waals surface area contributed by atoms with Crippen molar-refractivity contribution >= 4 is 17.6 Å². The largest absolute Gasteiger partial charge is 0.465 e. The van der Waals surface area contributed by atoms with Crippen LogP contribution in [0.5, 0.6) is 0 Å². The molecule has 0 N–H and O–H groups in total. The molecule has 1 aliphatic carbocycles. The van der Waals surface area contributed by atoms with Crippen LogP contribution in [0, 0.1) is 6.92 Å². The number of carbonyl (C=O) groups is 1. The first kappa shape index (κ1) is 15.4. The smallest absolute Gasteiger partial charge is 0.328 e. The van der Waals surface area contributed by atoms with Crippen molar-refractivity contribution < 1.29 is 9.53 Å². The molecule has 0 aliphatic heterocycles. The van der Waals surface area contributed by atoms with Gasteiger partial charge in [-0.15, -0.1) is 11.6 Å². The van der Waals surface area contributed by atoms with Gasteiger partial charge in [-0.05, 0) is 49.3 Å². The van der Waals surface area contributed by atoms with Gasteiger partial charge in [0.1, 0.15) is 0 Å². The Bertz CT molecular complexity index is 464. The molecule has 0 radical (unpaired) electrons. The average Bonchev–Trinajstić information content (AvgIpc) is 2.47. The van der Waals surface area contributed by atoms with E-state index in [9.17, 15) is 4.79 Å². The Balaban J connectivity index is 2.14. The highest BCUT2D eigenvalue weighted by Gasteiger charge is 2.22. The van der Waals surface area contributed by atoms with Gasteiger partial charge in [0, 0.05) is 0 Å². The zero-order chi connectivity index (χ0) is 14.5. The summed E-state index contributed by atoms with van der Waals surface area (Å²) in [6.07, 6.45) is 6.57. The van der Waals surface area contributed by atoms with Crippen LogP contribution in [0.3, 0.4) is 0 Å². The molecule has 1 saturated carbocycles. The summed E-state index contributed by atoms with van der Waals surface area (Å²) >= 11 is 6.17. The van der Waals surface area contributed by atoms with E-state index in [2.05, 4.69) is 13.0 Å². The molecule has 3 heteroatoms. The maximum atomic E-state index is 11.7. The second kappa shape index (κ2) is 7.12. The van der Waals surface area contributed by atoms with Crippen LogP contribution in [-0.4, -0.2) is 12.6 Å². The van der Waals surface area contributed by atoms with Gasteiger partial charge in [-0.3, -0.25) is 4.79 Å². The third-order valence-electron chi connectivity index (χ3n) is 4.13. The fraction of sp³-hybridized carbons (Fsp3) is 0.588. The van der Waals surface area contributed by atoms with Crippen molar-refractivity contribution in [3.8, 4) is 0 Å². The standard InChI is InChI=1S/C17H23ClO2/c1-3-20-17(19)16(18)14-9-10-15(12(2)11-14)13-7-5-4-6-8-13/h9-11,13,16H,3-8H2,1-2H3. The number of carbonyl (C=O) groups excluding carboxylic acids is 1. The summed E-state index contributed by atoms with van der Waals surface area (Å²) < 4.78 is 4.97. The zero-order valence-corrected chi connectivity index (χ0v) is 13.1. The van der Waals surface area contributed by atoms with Crippen LogP contribution in [0.2, 0.25) is 0 Å². The molecule has 1 aromatic carbocycles. The molecule has 2 nitrogen and oxygen atoms in total. The van der Waals surface area contributed by atoms with Gasteiger partial charge in [0.25, 0.3) is 0 Å². The molecule has 1 unspecified atom stereocenters. The monoisotopic (exact) mass is 294 g/mol. The van der Waals surface area contributed by atoms with Crippen molar-refractivity contribution in [2.45, 2.75) is 57.2 Å². The van der Waals surface area contributed by atoms with Crippen LogP contribution in [0.4, 0.5) is 0 Å². The van der Waals surface area contributed by atoms with E-state index in [4.69, 9.17) is 16.3 Å². The van der Waals surface area contributed by atoms with Gasteiger partial charge >= 0.3 is 5.97 Å². The molecule has 0 aromatic heterocycles. The quantitative estimate of drug-likeness (QED) is 0.584. The molecule has 0 spiro atoms. The average molecular weight is 295 g/mol. The van der Waals surface area contributed by atoms with Crippen LogP contribution in [0.25, 0.3) is 0 Å². The molecular weight excluding hydrogens is 272 g/mol. The minimum absolute atomic E-state index is 0.362. The highest BCUT2D eigenvalue weighted by Crippen LogP contribution is 2.35. The van der Waals surface area contributed by atoms with Gasteiger partial charge in [0.05, 0.1) is 6.61 Å². The predicted molar refractivity (Wildman–Crippen MR) is 82.2 cm³/mol. The molecule has 0 saturated heterocycles. The Labute approximate surface area is 126 Å². The lowest BCUT2D eigenvalue weighted by atomic mass is 9.82. The third kappa shape index (κ3) is 3.54. The highest BCUT2D eigenvalue weighted by molar-refractivity contribution is 6.29. The zero-order valence-electron chi connectivity index (χ0n) is 12.3. The topological polar surface area (TPSA) is 26.3 Å². The van der Waals surface area contributed by atoms with Crippen LogP contribution >= 0.6 is 11.6 Å². The minimum atomic E-state index is -0.700. The lowest BCUT2D eigenvalue weighted by Gasteiger charge is -2.24. The first-order chi connectivity index (χ1) is 9.63. The Kier molecular flexibility index (Phi) is 5.47. The number of benzene rings is 1. The number of rotatable bonds is 4. The van der Waals surface area contributed by atoms with Crippen molar-refractivity contribution in [1.29, 1.82) is 0 Å². The Morgan fingerprint density at radius 2 is 2.05 bits per heavy atom. The second-order valence-electron chi connectivity index (χ2n) is 5.57. The molecule has 110 valence electrons. The summed E-state index contributed by atoms with van der Waals surface area (Å²) in [6, 6.07) is 6.17. The lowest BCUT2D eigenvalue weighted by molar-refractivity contribution is -0.142. The van der Waals surface area contributed by atoms with Crippen molar-refractivity contribution in [3.05, 3.63) is 34.9 Å². The third-order valence-corrected chi connectivity index (χ3v) is 4.56. The molecule has 1 atom stereocenters. The summed E-state index contributed by atoms with van der Waals surface area (Å²) in [7, 11) is 0. The van der Waals surface area contributed by atoms with Gasteiger partial charge in [0.15, 0.2) is 5.38 Å². The molecule has 0 amide bonds. The predicted octanol–water partition coefficient (Wildman–Crippen LogP) is 4.89. The molecule has 1 aliphatic rings. The van der Waals surface area contributed by atoms with Gasteiger partial charge in [0.2, 0.25) is 0 Å². The van der Waals surface area contributed by atoms with E-state index in [0.717, 1.165) is 5.56 Å². The fourth-order valence-corrected chi connectivity index (χ4v) is 3.28. The van der Waals surface area contributed by atoms with Gasteiger partial charge in [-0.1, -0.05) is 37.5 Å². The molecule has 0 bridgehead atoms. The number of halogens is 1. The molecule has 1 fully saturated rings. The number of alkyl halides is 1. The van der Waals surface area contributed by atoms with E-state index >= 15 is 0 Å². The highest BCUT2D eigenvalue weighted by atomic mass is 35.5. The molecule has 2 rings (SSSR count). The SMILES string of the molecule is CCOC(=O)C(Cl)c1ccc(C2CCCCC2)c(C)c1. The normalized spacial score (nSPS) is 17.8. The first-order valence-corrected chi connectivity index (χ1v) is 7.98. The van der Waals surface area contributed by atoms with Crippen molar-refractivity contribution in [3.63, 3.8) is 0 Å². The van der Waals surface area contributed by atoms with Gasteiger partial charge < -0.3 is 4.74 Å². The van der Waals surface area contributed by atoms with Crippen LogP contribution in [0.1, 0.15) is 67.0 Å².